The fraction of sp³-hybridized carbons (Fsp3) is 0.900. The molecule has 100 valence electrons. The van der Waals surface area contributed by atoms with Crippen LogP contribution in [0.25, 0.3) is 0 Å². The molecule has 1 rings (SSSR count). The van der Waals surface area contributed by atoms with Crippen molar-refractivity contribution in [1.29, 1.82) is 0 Å². The maximum Gasteiger partial charge on any atom is 0.322 e. The Labute approximate surface area is 103 Å². The SMILES string of the molecule is COC(=O)C(C)N1CCN(S(C)(=O)=O)[C@@H](C)C1. The van der Waals surface area contributed by atoms with E-state index in [2.05, 4.69) is 4.74 Å². The van der Waals surface area contributed by atoms with Crippen molar-refractivity contribution in [2.75, 3.05) is 33.0 Å². The van der Waals surface area contributed by atoms with Gasteiger partial charge in [0.1, 0.15) is 6.04 Å². The lowest BCUT2D eigenvalue weighted by Crippen LogP contribution is -2.57. The van der Waals surface area contributed by atoms with E-state index < -0.39 is 10.0 Å². The molecule has 0 radical (unpaired) electrons. The Balaban J connectivity index is 2.67. The number of rotatable bonds is 3. The van der Waals surface area contributed by atoms with Gasteiger partial charge in [-0.25, -0.2) is 8.42 Å². The summed E-state index contributed by atoms with van der Waals surface area (Å²) in [5.41, 5.74) is 0. The number of methoxy groups -OCH3 is 1. The molecule has 1 heterocycles. The first kappa shape index (κ1) is 14.4. The standard InChI is InChI=1S/C10H20N2O4S/c1-8-7-11(9(2)10(13)16-3)5-6-12(8)17(4,14)15/h8-9H,5-7H2,1-4H3/t8-,9?/m0/s1. The Bertz CT molecular complexity index is 382. The number of hydrogen-bond donors (Lipinski definition) is 0. The second kappa shape index (κ2) is 5.32. The van der Waals surface area contributed by atoms with Gasteiger partial charge in [0.2, 0.25) is 10.0 Å². The van der Waals surface area contributed by atoms with Crippen LogP contribution in [0.1, 0.15) is 13.8 Å². The normalized spacial score (nSPS) is 25.5. The topological polar surface area (TPSA) is 66.9 Å². The lowest BCUT2D eigenvalue weighted by atomic mass is 10.2. The zero-order valence-corrected chi connectivity index (χ0v) is 11.5. The van der Waals surface area contributed by atoms with Crippen molar-refractivity contribution in [1.82, 2.24) is 9.21 Å². The van der Waals surface area contributed by atoms with Gasteiger partial charge in [-0.15, -0.1) is 0 Å². The van der Waals surface area contributed by atoms with Crippen LogP contribution in [0.3, 0.4) is 0 Å². The Morgan fingerprint density at radius 1 is 1.41 bits per heavy atom. The summed E-state index contributed by atoms with van der Waals surface area (Å²) in [5.74, 6) is -0.287. The number of piperazine rings is 1. The molecule has 1 unspecified atom stereocenters. The molecule has 1 saturated heterocycles. The number of sulfonamides is 1. The summed E-state index contributed by atoms with van der Waals surface area (Å²) in [6, 6.07) is -0.449. The molecule has 0 aromatic carbocycles. The predicted octanol–water partition coefficient (Wildman–Crippen LogP) is -0.486. The molecule has 0 N–H and O–H groups in total. The van der Waals surface area contributed by atoms with Crippen LogP contribution < -0.4 is 0 Å². The Morgan fingerprint density at radius 3 is 2.41 bits per heavy atom. The molecule has 0 aromatic heterocycles. The predicted molar refractivity (Wildman–Crippen MR) is 64.1 cm³/mol. The summed E-state index contributed by atoms with van der Waals surface area (Å²) in [6.07, 6.45) is 1.21. The molecule has 0 amide bonds. The zero-order chi connectivity index (χ0) is 13.2. The molecule has 17 heavy (non-hydrogen) atoms. The first-order valence-electron chi connectivity index (χ1n) is 5.56. The van der Waals surface area contributed by atoms with Gasteiger partial charge in [-0.05, 0) is 13.8 Å². The molecule has 1 fully saturated rings. The Hall–Kier alpha value is -0.660. The van der Waals surface area contributed by atoms with Crippen LogP contribution in [0.2, 0.25) is 0 Å². The van der Waals surface area contributed by atoms with Crippen molar-refractivity contribution in [2.24, 2.45) is 0 Å². The smallest absolute Gasteiger partial charge is 0.322 e. The fourth-order valence-corrected chi connectivity index (χ4v) is 3.27. The Morgan fingerprint density at radius 2 is 2.00 bits per heavy atom. The van der Waals surface area contributed by atoms with Gasteiger partial charge in [0.25, 0.3) is 0 Å². The van der Waals surface area contributed by atoms with E-state index in [4.69, 9.17) is 0 Å². The highest BCUT2D eigenvalue weighted by Gasteiger charge is 2.33. The molecule has 0 bridgehead atoms. The Kier molecular flexibility index (Phi) is 4.51. The third-order valence-electron chi connectivity index (χ3n) is 3.11. The van der Waals surface area contributed by atoms with Crippen molar-refractivity contribution in [3.63, 3.8) is 0 Å². The third-order valence-corrected chi connectivity index (χ3v) is 4.51. The minimum absolute atomic E-state index is 0.120. The summed E-state index contributed by atoms with van der Waals surface area (Å²) in [4.78, 5) is 13.3. The van der Waals surface area contributed by atoms with E-state index in [1.807, 2.05) is 11.8 Å². The van der Waals surface area contributed by atoms with Gasteiger partial charge in [-0.3, -0.25) is 9.69 Å². The van der Waals surface area contributed by atoms with Crippen molar-refractivity contribution in [2.45, 2.75) is 25.9 Å². The second-order valence-electron chi connectivity index (χ2n) is 4.42. The van der Waals surface area contributed by atoms with Crippen LogP contribution >= 0.6 is 0 Å². The summed E-state index contributed by atoms with van der Waals surface area (Å²) in [7, 11) is -1.80. The molecule has 1 aliphatic rings. The van der Waals surface area contributed by atoms with Crippen LogP contribution in [0, 0.1) is 0 Å². The van der Waals surface area contributed by atoms with Crippen LogP contribution in [0.4, 0.5) is 0 Å². The van der Waals surface area contributed by atoms with Gasteiger partial charge in [-0.2, -0.15) is 4.31 Å². The van der Waals surface area contributed by atoms with Crippen molar-refractivity contribution in [3.8, 4) is 0 Å². The third kappa shape index (κ3) is 3.40. The van der Waals surface area contributed by atoms with Crippen molar-refractivity contribution in [3.05, 3.63) is 0 Å². The number of hydrogen-bond acceptors (Lipinski definition) is 5. The van der Waals surface area contributed by atoms with Crippen LogP contribution in [0.15, 0.2) is 0 Å². The van der Waals surface area contributed by atoms with E-state index in [9.17, 15) is 13.2 Å². The van der Waals surface area contributed by atoms with Gasteiger partial charge in [0.05, 0.1) is 13.4 Å². The van der Waals surface area contributed by atoms with E-state index in [0.717, 1.165) is 0 Å². The molecule has 7 heteroatoms. The van der Waals surface area contributed by atoms with E-state index >= 15 is 0 Å². The van der Waals surface area contributed by atoms with Crippen molar-refractivity contribution < 1.29 is 17.9 Å². The molecular weight excluding hydrogens is 244 g/mol. The number of nitrogens with zero attached hydrogens (tertiary/aromatic N) is 2. The maximum absolute atomic E-state index is 11.5. The van der Waals surface area contributed by atoms with Gasteiger partial charge >= 0.3 is 5.97 Å². The summed E-state index contributed by atoms with van der Waals surface area (Å²) in [6.45, 7) is 5.13. The molecular formula is C10H20N2O4S. The molecule has 6 nitrogen and oxygen atoms in total. The van der Waals surface area contributed by atoms with Crippen molar-refractivity contribution >= 4 is 16.0 Å². The molecule has 1 aliphatic heterocycles. The zero-order valence-electron chi connectivity index (χ0n) is 10.7. The number of esters is 1. The first-order valence-corrected chi connectivity index (χ1v) is 7.41. The van der Waals surface area contributed by atoms with Gasteiger partial charge < -0.3 is 4.74 Å². The van der Waals surface area contributed by atoms with Gasteiger partial charge in [0.15, 0.2) is 0 Å². The molecule has 0 spiro atoms. The summed E-state index contributed by atoms with van der Waals surface area (Å²) in [5, 5.41) is 0. The van der Waals surface area contributed by atoms with Crippen LogP contribution in [-0.2, 0) is 19.6 Å². The minimum atomic E-state index is -3.16. The highest BCUT2D eigenvalue weighted by atomic mass is 32.2. The van der Waals surface area contributed by atoms with E-state index in [1.54, 1.807) is 6.92 Å². The number of carbonyl (C=O) groups is 1. The van der Waals surface area contributed by atoms with E-state index in [-0.39, 0.29) is 18.1 Å². The number of carbonyl (C=O) groups excluding carboxylic acids is 1. The maximum atomic E-state index is 11.5. The fourth-order valence-electron chi connectivity index (χ4n) is 2.13. The van der Waals surface area contributed by atoms with E-state index in [1.165, 1.54) is 17.7 Å². The summed E-state index contributed by atoms with van der Waals surface area (Å²) >= 11 is 0. The average molecular weight is 264 g/mol. The number of ether oxygens (including phenoxy) is 1. The monoisotopic (exact) mass is 264 g/mol. The minimum Gasteiger partial charge on any atom is -0.468 e. The molecule has 0 aliphatic carbocycles. The van der Waals surface area contributed by atoms with Gasteiger partial charge in [-0.1, -0.05) is 0 Å². The molecule has 0 saturated carbocycles. The highest BCUT2D eigenvalue weighted by molar-refractivity contribution is 7.88. The molecule has 2 atom stereocenters. The lowest BCUT2D eigenvalue weighted by Gasteiger charge is -2.40. The highest BCUT2D eigenvalue weighted by Crippen LogP contribution is 2.15. The van der Waals surface area contributed by atoms with Crippen LogP contribution in [0.5, 0.6) is 0 Å². The van der Waals surface area contributed by atoms with Crippen LogP contribution in [-0.4, -0.2) is 68.7 Å². The quantitative estimate of drug-likeness (QED) is 0.644. The summed E-state index contributed by atoms with van der Waals surface area (Å²) < 4.78 is 29.1. The first-order chi connectivity index (χ1) is 7.77. The lowest BCUT2D eigenvalue weighted by molar-refractivity contribution is -0.147. The molecule has 0 aromatic rings. The largest absolute Gasteiger partial charge is 0.468 e. The van der Waals surface area contributed by atoms with Gasteiger partial charge in [0, 0.05) is 25.7 Å². The second-order valence-corrected chi connectivity index (χ2v) is 6.35. The average Bonchev–Trinajstić information content (AvgIpc) is 2.25. The van der Waals surface area contributed by atoms with E-state index in [0.29, 0.717) is 19.6 Å².